The Hall–Kier alpha value is -1.18. The quantitative estimate of drug-likeness (QED) is 0.791. The van der Waals surface area contributed by atoms with Gasteiger partial charge in [0, 0.05) is 17.2 Å². The second-order valence-corrected chi connectivity index (χ2v) is 5.08. The highest BCUT2D eigenvalue weighted by molar-refractivity contribution is 9.10. The molecule has 1 fully saturated rings. The Labute approximate surface area is 112 Å². The van der Waals surface area contributed by atoms with Crippen molar-refractivity contribution in [2.24, 2.45) is 0 Å². The van der Waals surface area contributed by atoms with E-state index in [0.717, 1.165) is 11.0 Å². The van der Waals surface area contributed by atoms with Crippen LogP contribution in [0.1, 0.15) is 0 Å². The Bertz CT molecular complexity index is 477. The minimum atomic E-state index is -0.589. The Morgan fingerprint density at radius 1 is 1.50 bits per heavy atom. The number of hydrogen-bond acceptors (Lipinski definition) is 5. The lowest BCUT2D eigenvalue weighted by molar-refractivity contribution is -0.126. The zero-order valence-corrected chi connectivity index (χ0v) is 11.1. The highest BCUT2D eigenvalue weighted by Gasteiger charge is 2.36. The molecule has 1 aromatic heterocycles. The number of ether oxygens (including phenoxy) is 2. The first-order chi connectivity index (χ1) is 8.74. The number of nitrogens with zero attached hydrogens (tertiary/aromatic N) is 1. The molecule has 0 bridgehead atoms. The second-order valence-electron chi connectivity index (χ2n) is 4.16. The number of pyridine rings is 1. The SMILES string of the molecule is O=C1Nc2ncc(Br)cc2OC1C1COCCN1. The molecule has 3 rings (SSSR count). The normalized spacial score (nSPS) is 27.1. The number of nitrogens with one attached hydrogen (secondary N) is 2. The molecule has 2 N–H and O–H groups in total. The maximum Gasteiger partial charge on any atom is 0.268 e. The molecular weight excluding hydrogens is 302 g/mol. The smallest absolute Gasteiger partial charge is 0.268 e. The van der Waals surface area contributed by atoms with Crippen LogP contribution < -0.4 is 15.4 Å². The van der Waals surface area contributed by atoms with Crippen molar-refractivity contribution in [3.8, 4) is 5.75 Å². The van der Waals surface area contributed by atoms with Gasteiger partial charge >= 0.3 is 0 Å². The topological polar surface area (TPSA) is 72.5 Å². The molecular formula is C11H12BrN3O3. The van der Waals surface area contributed by atoms with Crippen molar-refractivity contribution in [1.82, 2.24) is 10.3 Å². The standard InChI is InChI=1S/C11H12BrN3O3/c12-6-3-8-10(14-4-6)15-11(16)9(18-8)7-5-17-2-1-13-7/h3-4,7,9,13H,1-2,5H2,(H,14,15,16). The van der Waals surface area contributed by atoms with Gasteiger partial charge in [0.05, 0.1) is 19.3 Å². The van der Waals surface area contributed by atoms with E-state index in [4.69, 9.17) is 9.47 Å². The number of carbonyl (C=O) groups is 1. The van der Waals surface area contributed by atoms with E-state index in [0.29, 0.717) is 24.8 Å². The van der Waals surface area contributed by atoms with Crippen LogP contribution >= 0.6 is 15.9 Å². The van der Waals surface area contributed by atoms with Crippen LogP contribution in [0.3, 0.4) is 0 Å². The lowest BCUT2D eigenvalue weighted by Crippen LogP contribution is -2.56. The van der Waals surface area contributed by atoms with E-state index in [2.05, 4.69) is 31.5 Å². The number of anilines is 1. The molecule has 3 heterocycles. The van der Waals surface area contributed by atoms with Crippen LogP contribution in [0, 0.1) is 0 Å². The second kappa shape index (κ2) is 4.83. The maximum atomic E-state index is 12.0. The van der Waals surface area contributed by atoms with Crippen LogP contribution in [0.15, 0.2) is 16.7 Å². The molecule has 0 radical (unpaired) electrons. The number of aromatic nitrogens is 1. The van der Waals surface area contributed by atoms with Gasteiger partial charge in [-0.05, 0) is 22.0 Å². The molecule has 0 aromatic carbocycles. The Kier molecular flexibility index (Phi) is 3.19. The minimum absolute atomic E-state index is 0.133. The van der Waals surface area contributed by atoms with E-state index in [-0.39, 0.29) is 11.9 Å². The van der Waals surface area contributed by atoms with Crippen molar-refractivity contribution >= 4 is 27.7 Å². The van der Waals surface area contributed by atoms with Crippen LogP contribution in [0.5, 0.6) is 5.75 Å². The van der Waals surface area contributed by atoms with E-state index < -0.39 is 6.10 Å². The molecule has 18 heavy (non-hydrogen) atoms. The molecule has 1 saturated heterocycles. The Morgan fingerprint density at radius 2 is 2.39 bits per heavy atom. The van der Waals surface area contributed by atoms with Gasteiger partial charge in [-0.25, -0.2) is 4.98 Å². The summed E-state index contributed by atoms with van der Waals surface area (Å²) in [6.07, 6.45) is 1.03. The van der Waals surface area contributed by atoms with Crippen molar-refractivity contribution in [3.05, 3.63) is 16.7 Å². The number of carbonyl (C=O) groups excluding carboxylic acids is 1. The largest absolute Gasteiger partial charge is 0.475 e. The molecule has 2 aliphatic heterocycles. The fraction of sp³-hybridized carbons (Fsp3) is 0.455. The molecule has 2 atom stereocenters. The van der Waals surface area contributed by atoms with E-state index in [9.17, 15) is 4.79 Å². The number of morpholine rings is 1. The van der Waals surface area contributed by atoms with Crippen LogP contribution in [0.25, 0.3) is 0 Å². The third-order valence-electron chi connectivity index (χ3n) is 2.89. The first-order valence-electron chi connectivity index (χ1n) is 5.68. The maximum absolute atomic E-state index is 12.0. The van der Waals surface area contributed by atoms with Crippen molar-refractivity contribution in [3.63, 3.8) is 0 Å². The molecule has 0 spiro atoms. The fourth-order valence-corrected chi connectivity index (χ4v) is 2.34. The van der Waals surface area contributed by atoms with Gasteiger partial charge in [-0.15, -0.1) is 0 Å². The molecule has 0 aliphatic carbocycles. The highest BCUT2D eigenvalue weighted by atomic mass is 79.9. The van der Waals surface area contributed by atoms with Gasteiger partial charge in [0.2, 0.25) is 0 Å². The van der Waals surface area contributed by atoms with Gasteiger partial charge in [-0.3, -0.25) is 4.79 Å². The molecule has 6 nitrogen and oxygen atoms in total. The minimum Gasteiger partial charge on any atom is -0.475 e. The molecule has 2 aliphatic rings. The zero-order chi connectivity index (χ0) is 12.5. The number of fused-ring (bicyclic) bond motifs is 1. The summed E-state index contributed by atoms with van der Waals surface area (Å²) in [6, 6.07) is 1.66. The first kappa shape index (κ1) is 11.9. The summed E-state index contributed by atoms with van der Waals surface area (Å²) in [5.41, 5.74) is 0. The van der Waals surface area contributed by atoms with E-state index in [1.807, 2.05) is 0 Å². The third-order valence-corrected chi connectivity index (χ3v) is 3.32. The molecule has 1 aromatic rings. The molecule has 0 saturated carbocycles. The summed E-state index contributed by atoms with van der Waals surface area (Å²) in [5, 5.41) is 5.96. The Morgan fingerprint density at radius 3 is 3.17 bits per heavy atom. The summed E-state index contributed by atoms with van der Waals surface area (Å²) in [5.74, 6) is 0.831. The van der Waals surface area contributed by atoms with Crippen molar-refractivity contribution in [2.75, 3.05) is 25.1 Å². The number of halogens is 1. The van der Waals surface area contributed by atoms with Crippen molar-refractivity contribution in [1.29, 1.82) is 0 Å². The Balaban J connectivity index is 1.83. The van der Waals surface area contributed by atoms with Crippen LogP contribution in [-0.4, -0.2) is 42.8 Å². The van der Waals surface area contributed by atoms with Gasteiger partial charge in [-0.1, -0.05) is 0 Å². The lowest BCUT2D eigenvalue weighted by atomic mass is 10.1. The summed E-state index contributed by atoms with van der Waals surface area (Å²) < 4.78 is 11.9. The number of rotatable bonds is 1. The monoisotopic (exact) mass is 313 g/mol. The third kappa shape index (κ3) is 2.21. The fourth-order valence-electron chi connectivity index (χ4n) is 2.03. The van der Waals surface area contributed by atoms with Gasteiger partial charge in [0.15, 0.2) is 17.7 Å². The molecule has 2 unspecified atom stereocenters. The van der Waals surface area contributed by atoms with Crippen LogP contribution in [0.2, 0.25) is 0 Å². The predicted molar refractivity (Wildman–Crippen MR) is 67.6 cm³/mol. The van der Waals surface area contributed by atoms with Crippen LogP contribution in [0.4, 0.5) is 5.82 Å². The van der Waals surface area contributed by atoms with Crippen molar-refractivity contribution < 1.29 is 14.3 Å². The summed E-state index contributed by atoms with van der Waals surface area (Å²) >= 11 is 3.33. The lowest BCUT2D eigenvalue weighted by Gasteiger charge is -2.33. The van der Waals surface area contributed by atoms with Gasteiger partial charge < -0.3 is 20.1 Å². The highest BCUT2D eigenvalue weighted by Crippen LogP contribution is 2.30. The first-order valence-corrected chi connectivity index (χ1v) is 6.47. The average Bonchev–Trinajstić information content (AvgIpc) is 2.39. The summed E-state index contributed by atoms with van der Waals surface area (Å²) in [7, 11) is 0. The molecule has 96 valence electrons. The van der Waals surface area contributed by atoms with Gasteiger partial charge in [-0.2, -0.15) is 0 Å². The van der Waals surface area contributed by atoms with Gasteiger partial charge in [0.25, 0.3) is 5.91 Å². The van der Waals surface area contributed by atoms with Crippen LogP contribution in [-0.2, 0) is 9.53 Å². The summed E-state index contributed by atoms with van der Waals surface area (Å²) in [4.78, 5) is 16.1. The number of hydrogen-bond donors (Lipinski definition) is 2. The average molecular weight is 314 g/mol. The van der Waals surface area contributed by atoms with E-state index >= 15 is 0 Å². The van der Waals surface area contributed by atoms with Crippen molar-refractivity contribution in [2.45, 2.75) is 12.1 Å². The zero-order valence-electron chi connectivity index (χ0n) is 9.48. The predicted octanol–water partition coefficient (Wildman–Crippen LogP) is 0.532. The van der Waals surface area contributed by atoms with E-state index in [1.54, 1.807) is 12.3 Å². The van der Waals surface area contributed by atoms with Gasteiger partial charge in [0.1, 0.15) is 0 Å². The van der Waals surface area contributed by atoms with E-state index in [1.165, 1.54) is 0 Å². The summed E-state index contributed by atoms with van der Waals surface area (Å²) in [6.45, 7) is 1.85. The number of amides is 1. The molecule has 7 heteroatoms. The molecule has 1 amide bonds.